The molecule has 4 heteroatoms. The average molecular weight is 301 g/mol. The number of ether oxygens (including phenoxy) is 2. The molecule has 0 saturated carbocycles. The summed E-state index contributed by atoms with van der Waals surface area (Å²) in [7, 11) is 0. The summed E-state index contributed by atoms with van der Waals surface area (Å²) < 4.78 is 12.2. The predicted octanol–water partition coefficient (Wildman–Crippen LogP) is 3.06. The number of benzene rings is 1. The van der Waals surface area contributed by atoms with Gasteiger partial charge in [0.2, 0.25) is 0 Å². The largest absolute Gasteiger partial charge is 0.490 e. The summed E-state index contributed by atoms with van der Waals surface area (Å²) >= 11 is 3.39. The number of aliphatic hydroxyl groups is 1. The molecule has 1 heterocycles. The van der Waals surface area contributed by atoms with Gasteiger partial charge in [0.05, 0.1) is 12.2 Å². The highest BCUT2D eigenvalue weighted by atomic mass is 79.9. The molecular formula is C13H17BrO3. The van der Waals surface area contributed by atoms with Crippen molar-refractivity contribution in [3.63, 3.8) is 0 Å². The van der Waals surface area contributed by atoms with Crippen LogP contribution in [0.1, 0.15) is 31.4 Å². The van der Waals surface area contributed by atoms with Gasteiger partial charge in [-0.3, -0.25) is 0 Å². The van der Waals surface area contributed by atoms with E-state index < -0.39 is 6.10 Å². The second-order valence-electron chi connectivity index (χ2n) is 4.30. The van der Waals surface area contributed by atoms with Crippen molar-refractivity contribution >= 4 is 15.9 Å². The van der Waals surface area contributed by atoms with E-state index in [9.17, 15) is 5.11 Å². The van der Waals surface area contributed by atoms with Gasteiger partial charge in [-0.1, -0.05) is 15.9 Å². The summed E-state index contributed by atoms with van der Waals surface area (Å²) in [5, 5.41) is 9.69. The van der Waals surface area contributed by atoms with Gasteiger partial charge >= 0.3 is 0 Å². The fourth-order valence-corrected chi connectivity index (χ4v) is 2.31. The first-order valence-corrected chi connectivity index (χ1v) is 6.68. The van der Waals surface area contributed by atoms with Gasteiger partial charge in [-0.15, -0.1) is 0 Å². The van der Waals surface area contributed by atoms with Crippen LogP contribution < -0.4 is 4.74 Å². The normalized spacial score (nSPS) is 21.5. The van der Waals surface area contributed by atoms with Crippen molar-refractivity contribution in [1.29, 1.82) is 0 Å². The van der Waals surface area contributed by atoms with Crippen LogP contribution in [0.25, 0.3) is 0 Å². The topological polar surface area (TPSA) is 38.7 Å². The molecule has 1 N–H and O–H groups in total. The fraction of sp³-hybridized carbons (Fsp3) is 0.538. The number of hydrogen-bond donors (Lipinski definition) is 1. The SMILES string of the molecule is CC(O)c1cc(Br)ccc1OCC1CCCO1. The lowest BCUT2D eigenvalue weighted by Gasteiger charge is -2.16. The van der Waals surface area contributed by atoms with Crippen LogP contribution in [0.15, 0.2) is 22.7 Å². The molecule has 0 aliphatic carbocycles. The summed E-state index contributed by atoms with van der Waals surface area (Å²) in [6.07, 6.45) is 1.82. The fourth-order valence-electron chi connectivity index (χ4n) is 1.94. The Bertz CT molecular complexity index is 373. The number of hydrogen-bond acceptors (Lipinski definition) is 3. The van der Waals surface area contributed by atoms with Crippen LogP contribution in [0.4, 0.5) is 0 Å². The quantitative estimate of drug-likeness (QED) is 0.929. The smallest absolute Gasteiger partial charge is 0.125 e. The molecule has 1 aromatic rings. The Morgan fingerprint density at radius 3 is 3.06 bits per heavy atom. The van der Waals surface area contributed by atoms with E-state index in [1.807, 2.05) is 18.2 Å². The van der Waals surface area contributed by atoms with E-state index in [4.69, 9.17) is 9.47 Å². The van der Waals surface area contributed by atoms with Crippen LogP contribution in [-0.4, -0.2) is 24.4 Å². The van der Waals surface area contributed by atoms with Crippen molar-refractivity contribution in [1.82, 2.24) is 0 Å². The van der Waals surface area contributed by atoms with Crippen molar-refractivity contribution in [3.05, 3.63) is 28.2 Å². The van der Waals surface area contributed by atoms with E-state index in [1.165, 1.54) is 0 Å². The van der Waals surface area contributed by atoms with E-state index in [0.29, 0.717) is 6.61 Å². The van der Waals surface area contributed by atoms with Crippen molar-refractivity contribution in [3.8, 4) is 5.75 Å². The zero-order chi connectivity index (χ0) is 12.3. The first-order chi connectivity index (χ1) is 8.16. The lowest BCUT2D eigenvalue weighted by molar-refractivity contribution is 0.0664. The maximum absolute atomic E-state index is 9.69. The Hall–Kier alpha value is -0.580. The van der Waals surface area contributed by atoms with Gasteiger partial charge in [-0.25, -0.2) is 0 Å². The molecule has 94 valence electrons. The molecule has 2 unspecified atom stereocenters. The van der Waals surface area contributed by atoms with Crippen LogP contribution >= 0.6 is 15.9 Å². The van der Waals surface area contributed by atoms with Crippen LogP contribution in [0.3, 0.4) is 0 Å². The molecule has 0 aromatic heterocycles. The van der Waals surface area contributed by atoms with Crippen LogP contribution in [-0.2, 0) is 4.74 Å². The lowest BCUT2D eigenvalue weighted by atomic mass is 10.1. The highest BCUT2D eigenvalue weighted by Gasteiger charge is 2.17. The molecule has 0 radical (unpaired) electrons. The molecule has 1 aliphatic heterocycles. The van der Waals surface area contributed by atoms with Crippen molar-refractivity contribution < 1.29 is 14.6 Å². The Kier molecular flexibility index (Phi) is 4.42. The standard InChI is InChI=1S/C13H17BrO3/c1-9(15)12-7-10(14)4-5-13(12)17-8-11-3-2-6-16-11/h4-5,7,9,11,15H,2-3,6,8H2,1H3. The first kappa shape index (κ1) is 12.9. The third-order valence-corrected chi connectivity index (χ3v) is 3.36. The molecule has 2 rings (SSSR count). The summed E-state index contributed by atoms with van der Waals surface area (Å²) in [5.41, 5.74) is 0.803. The van der Waals surface area contributed by atoms with E-state index in [2.05, 4.69) is 15.9 Å². The van der Waals surface area contributed by atoms with Gasteiger partial charge in [-0.2, -0.15) is 0 Å². The summed E-state index contributed by atoms with van der Waals surface area (Å²) in [6, 6.07) is 5.67. The number of aliphatic hydroxyl groups excluding tert-OH is 1. The number of halogens is 1. The van der Waals surface area contributed by atoms with Gasteiger partial charge in [0.25, 0.3) is 0 Å². The molecule has 3 nitrogen and oxygen atoms in total. The summed E-state index contributed by atoms with van der Waals surface area (Å²) in [6.45, 7) is 3.12. The van der Waals surface area contributed by atoms with Gasteiger partial charge in [0, 0.05) is 16.6 Å². The van der Waals surface area contributed by atoms with E-state index >= 15 is 0 Å². The third-order valence-electron chi connectivity index (χ3n) is 2.87. The van der Waals surface area contributed by atoms with Crippen LogP contribution in [0.2, 0.25) is 0 Å². The Balaban J connectivity index is 2.03. The van der Waals surface area contributed by atoms with Gasteiger partial charge in [0.1, 0.15) is 12.4 Å². The maximum Gasteiger partial charge on any atom is 0.125 e. The zero-order valence-corrected chi connectivity index (χ0v) is 11.4. The van der Waals surface area contributed by atoms with E-state index in [-0.39, 0.29) is 6.10 Å². The van der Waals surface area contributed by atoms with Crippen molar-refractivity contribution in [2.24, 2.45) is 0 Å². The predicted molar refractivity (Wildman–Crippen MR) is 69.2 cm³/mol. The second-order valence-corrected chi connectivity index (χ2v) is 5.22. The third kappa shape index (κ3) is 3.44. The molecule has 0 amide bonds. The highest BCUT2D eigenvalue weighted by molar-refractivity contribution is 9.10. The van der Waals surface area contributed by atoms with Crippen molar-refractivity contribution in [2.75, 3.05) is 13.2 Å². The molecule has 17 heavy (non-hydrogen) atoms. The molecule has 1 aliphatic rings. The second kappa shape index (κ2) is 5.85. The van der Waals surface area contributed by atoms with E-state index in [1.54, 1.807) is 6.92 Å². The zero-order valence-electron chi connectivity index (χ0n) is 9.86. The average Bonchev–Trinajstić information content (AvgIpc) is 2.80. The lowest BCUT2D eigenvalue weighted by Crippen LogP contribution is -2.17. The molecule has 1 fully saturated rings. The summed E-state index contributed by atoms with van der Waals surface area (Å²) in [5.74, 6) is 0.735. The van der Waals surface area contributed by atoms with Crippen molar-refractivity contribution in [2.45, 2.75) is 32.0 Å². The Morgan fingerprint density at radius 2 is 2.41 bits per heavy atom. The molecule has 0 spiro atoms. The van der Waals surface area contributed by atoms with Crippen LogP contribution in [0, 0.1) is 0 Å². The van der Waals surface area contributed by atoms with Gasteiger partial charge in [-0.05, 0) is 38.0 Å². The first-order valence-electron chi connectivity index (χ1n) is 5.88. The molecular weight excluding hydrogens is 284 g/mol. The Labute approximate surface area is 110 Å². The monoisotopic (exact) mass is 300 g/mol. The highest BCUT2D eigenvalue weighted by Crippen LogP contribution is 2.29. The molecule has 1 saturated heterocycles. The summed E-state index contributed by atoms with van der Waals surface area (Å²) in [4.78, 5) is 0. The number of rotatable bonds is 4. The molecule has 0 bridgehead atoms. The maximum atomic E-state index is 9.69. The van der Waals surface area contributed by atoms with Gasteiger partial charge in [0.15, 0.2) is 0 Å². The minimum absolute atomic E-state index is 0.195. The minimum atomic E-state index is -0.535. The van der Waals surface area contributed by atoms with E-state index in [0.717, 1.165) is 35.2 Å². The Morgan fingerprint density at radius 1 is 1.59 bits per heavy atom. The molecule has 1 aromatic carbocycles. The van der Waals surface area contributed by atoms with Gasteiger partial charge < -0.3 is 14.6 Å². The molecule has 2 atom stereocenters. The minimum Gasteiger partial charge on any atom is -0.490 e. The van der Waals surface area contributed by atoms with Crippen LogP contribution in [0.5, 0.6) is 5.75 Å².